The highest BCUT2D eigenvalue weighted by Crippen LogP contribution is 2.28. The summed E-state index contributed by atoms with van der Waals surface area (Å²) < 4.78 is 0. The first-order chi connectivity index (χ1) is 9.84. The summed E-state index contributed by atoms with van der Waals surface area (Å²) in [5, 5.41) is 1.34. The van der Waals surface area contributed by atoms with Crippen molar-refractivity contribution in [3.63, 3.8) is 0 Å². The van der Waals surface area contributed by atoms with E-state index in [9.17, 15) is 0 Å². The van der Waals surface area contributed by atoms with E-state index in [4.69, 9.17) is 4.99 Å². The Morgan fingerprint density at radius 2 is 1.80 bits per heavy atom. The standard InChI is InChI=1S/C18H16N2/c1-12-6-2-3-7-13(12)17-18-15(10-11-19-17)14-8-4-5-9-16(14)20-18/h2-9,20H,10-11H2,1H3. The van der Waals surface area contributed by atoms with Crippen molar-refractivity contribution in [1.29, 1.82) is 0 Å². The van der Waals surface area contributed by atoms with Gasteiger partial charge in [0.25, 0.3) is 0 Å². The molecule has 2 aromatic carbocycles. The van der Waals surface area contributed by atoms with E-state index in [1.165, 1.54) is 33.3 Å². The molecule has 3 aromatic rings. The number of fused-ring (bicyclic) bond motifs is 3. The lowest BCUT2D eigenvalue weighted by molar-refractivity contribution is 0.947. The number of aliphatic imine (C=N–C) groups is 1. The number of H-pyrrole nitrogens is 1. The maximum Gasteiger partial charge on any atom is 0.0887 e. The van der Waals surface area contributed by atoms with Crippen LogP contribution in [0.25, 0.3) is 10.9 Å². The fourth-order valence-electron chi connectivity index (χ4n) is 3.08. The van der Waals surface area contributed by atoms with E-state index >= 15 is 0 Å². The molecule has 0 saturated heterocycles. The van der Waals surface area contributed by atoms with Crippen LogP contribution in [-0.4, -0.2) is 17.2 Å². The van der Waals surface area contributed by atoms with Crippen LogP contribution in [0.1, 0.15) is 22.4 Å². The molecular formula is C18H16N2. The minimum Gasteiger partial charge on any atom is -0.353 e. The van der Waals surface area contributed by atoms with Crippen LogP contribution in [0.3, 0.4) is 0 Å². The maximum absolute atomic E-state index is 4.78. The molecule has 0 atom stereocenters. The van der Waals surface area contributed by atoms with E-state index in [-0.39, 0.29) is 0 Å². The summed E-state index contributed by atoms with van der Waals surface area (Å²) >= 11 is 0. The number of nitrogens with zero attached hydrogens (tertiary/aromatic N) is 1. The Morgan fingerprint density at radius 3 is 2.70 bits per heavy atom. The second kappa shape index (κ2) is 4.34. The first-order valence-corrected chi connectivity index (χ1v) is 7.05. The zero-order chi connectivity index (χ0) is 13.5. The van der Waals surface area contributed by atoms with Crippen molar-refractivity contribution in [2.45, 2.75) is 13.3 Å². The molecule has 1 aliphatic heterocycles. The van der Waals surface area contributed by atoms with Gasteiger partial charge >= 0.3 is 0 Å². The number of hydrogen-bond donors (Lipinski definition) is 1. The Kier molecular flexibility index (Phi) is 2.49. The molecule has 0 saturated carbocycles. The molecule has 0 aliphatic carbocycles. The molecule has 0 unspecified atom stereocenters. The van der Waals surface area contributed by atoms with Gasteiger partial charge in [-0.1, -0.05) is 42.5 Å². The molecule has 0 spiro atoms. The molecule has 0 bridgehead atoms. The van der Waals surface area contributed by atoms with Gasteiger partial charge in [0.2, 0.25) is 0 Å². The van der Waals surface area contributed by atoms with Crippen molar-refractivity contribution in [2.75, 3.05) is 6.54 Å². The van der Waals surface area contributed by atoms with Crippen molar-refractivity contribution >= 4 is 16.6 Å². The zero-order valence-electron chi connectivity index (χ0n) is 11.5. The zero-order valence-corrected chi connectivity index (χ0v) is 11.5. The summed E-state index contributed by atoms with van der Waals surface area (Å²) in [5.41, 5.74) is 7.44. The van der Waals surface area contributed by atoms with Crippen molar-refractivity contribution < 1.29 is 0 Å². The Hall–Kier alpha value is -2.35. The number of aromatic amines is 1. The fourth-order valence-corrected chi connectivity index (χ4v) is 3.08. The summed E-state index contributed by atoms with van der Waals surface area (Å²) in [6, 6.07) is 17.0. The lowest BCUT2D eigenvalue weighted by Gasteiger charge is -2.15. The topological polar surface area (TPSA) is 28.1 Å². The second-order valence-corrected chi connectivity index (χ2v) is 5.32. The Balaban J connectivity index is 1.97. The largest absolute Gasteiger partial charge is 0.353 e. The van der Waals surface area contributed by atoms with Crippen molar-refractivity contribution in [3.8, 4) is 0 Å². The lowest BCUT2D eigenvalue weighted by Crippen LogP contribution is -2.14. The Labute approximate surface area is 118 Å². The van der Waals surface area contributed by atoms with Gasteiger partial charge in [-0.05, 0) is 30.5 Å². The number of aryl methyl sites for hydroxylation is 1. The van der Waals surface area contributed by atoms with E-state index in [1.54, 1.807) is 0 Å². The molecule has 98 valence electrons. The number of para-hydroxylation sites is 1. The number of aromatic nitrogens is 1. The smallest absolute Gasteiger partial charge is 0.0887 e. The van der Waals surface area contributed by atoms with Crippen LogP contribution in [0.2, 0.25) is 0 Å². The number of nitrogens with one attached hydrogen (secondary N) is 1. The number of benzene rings is 2. The monoisotopic (exact) mass is 260 g/mol. The van der Waals surface area contributed by atoms with Gasteiger partial charge in [0, 0.05) is 23.0 Å². The van der Waals surface area contributed by atoms with Gasteiger partial charge in [0.15, 0.2) is 0 Å². The van der Waals surface area contributed by atoms with Crippen molar-refractivity contribution in [3.05, 3.63) is 70.9 Å². The van der Waals surface area contributed by atoms with Crippen LogP contribution in [0.5, 0.6) is 0 Å². The van der Waals surface area contributed by atoms with Gasteiger partial charge in [0.05, 0.1) is 11.4 Å². The predicted octanol–water partition coefficient (Wildman–Crippen LogP) is 3.87. The van der Waals surface area contributed by atoms with E-state index in [0.29, 0.717) is 0 Å². The molecular weight excluding hydrogens is 244 g/mol. The minimum absolute atomic E-state index is 0.874. The van der Waals surface area contributed by atoms with Gasteiger partial charge in [-0.15, -0.1) is 0 Å². The first kappa shape index (κ1) is 11.5. The van der Waals surface area contributed by atoms with E-state index in [0.717, 1.165) is 18.7 Å². The Morgan fingerprint density at radius 1 is 1.00 bits per heavy atom. The van der Waals surface area contributed by atoms with E-state index in [1.807, 2.05) is 0 Å². The van der Waals surface area contributed by atoms with Crippen LogP contribution in [0.15, 0.2) is 53.5 Å². The van der Waals surface area contributed by atoms with Crippen molar-refractivity contribution in [2.24, 2.45) is 4.99 Å². The second-order valence-electron chi connectivity index (χ2n) is 5.32. The molecule has 1 aromatic heterocycles. The van der Waals surface area contributed by atoms with Gasteiger partial charge in [-0.2, -0.15) is 0 Å². The summed E-state index contributed by atoms with van der Waals surface area (Å²) in [6.45, 7) is 3.02. The minimum atomic E-state index is 0.874. The molecule has 1 aliphatic rings. The van der Waals surface area contributed by atoms with Crippen LogP contribution < -0.4 is 0 Å². The average Bonchev–Trinajstić information content (AvgIpc) is 2.86. The summed E-state index contributed by atoms with van der Waals surface area (Å²) in [5.74, 6) is 0. The van der Waals surface area contributed by atoms with Crippen LogP contribution in [0, 0.1) is 6.92 Å². The normalized spacial score (nSPS) is 14.2. The summed E-state index contributed by atoms with van der Waals surface area (Å²) in [7, 11) is 0. The van der Waals surface area contributed by atoms with E-state index < -0.39 is 0 Å². The highest BCUT2D eigenvalue weighted by Gasteiger charge is 2.21. The van der Waals surface area contributed by atoms with Gasteiger partial charge in [0.1, 0.15) is 0 Å². The third-order valence-corrected chi connectivity index (χ3v) is 4.08. The molecule has 0 radical (unpaired) electrons. The molecule has 20 heavy (non-hydrogen) atoms. The van der Waals surface area contributed by atoms with Gasteiger partial charge in [-0.3, -0.25) is 4.99 Å². The third-order valence-electron chi connectivity index (χ3n) is 4.08. The van der Waals surface area contributed by atoms with E-state index in [2.05, 4.69) is 60.4 Å². The van der Waals surface area contributed by atoms with Crippen LogP contribution in [0.4, 0.5) is 0 Å². The third kappa shape index (κ3) is 1.61. The fraction of sp³-hybridized carbons (Fsp3) is 0.167. The molecule has 0 fully saturated rings. The number of rotatable bonds is 1. The molecule has 1 N–H and O–H groups in total. The maximum atomic E-state index is 4.78. The SMILES string of the molecule is Cc1ccccc1C1=NCCc2c1[nH]c1ccccc21. The molecule has 0 amide bonds. The highest BCUT2D eigenvalue weighted by atomic mass is 14.8. The van der Waals surface area contributed by atoms with Crippen LogP contribution >= 0.6 is 0 Å². The molecule has 2 heterocycles. The Bertz CT molecular complexity index is 824. The average molecular weight is 260 g/mol. The summed E-state index contributed by atoms with van der Waals surface area (Å²) in [6.07, 6.45) is 1.02. The van der Waals surface area contributed by atoms with Gasteiger partial charge in [-0.25, -0.2) is 0 Å². The highest BCUT2D eigenvalue weighted by molar-refractivity contribution is 6.16. The van der Waals surface area contributed by atoms with Gasteiger partial charge < -0.3 is 4.98 Å². The molecule has 2 nitrogen and oxygen atoms in total. The predicted molar refractivity (Wildman–Crippen MR) is 83.7 cm³/mol. The number of hydrogen-bond acceptors (Lipinski definition) is 1. The quantitative estimate of drug-likeness (QED) is 0.688. The molecule has 4 rings (SSSR count). The van der Waals surface area contributed by atoms with Crippen molar-refractivity contribution in [1.82, 2.24) is 4.98 Å². The summed E-state index contributed by atoms with van der Waals surface area (Å²) in [4.78, 5) is 8.34. The molecule has 2 heteroatoms. The van der Waals surface area contributed by atoms with Crippen LogP contribution in [-0.2, 0) is 6.42 Å². The lowest BCUT2D eigenvalue weighted by atomic mass is 9.95. The first-order valence-electron chi connectivity index (χ1n) is 7.05.